The van der Waals surface area contributed by atoms with Gasteiger partial charge in [0.15, 0.2) is 5.65 Å². The standard InChI is InChI=1S/C23H32N6O3/c1-27-14-17(22(31)28-10-6-23(16-28)7-11-32-12-8-23)4-5-18(15-27)26-21(30)19-13-24-20-3-2-9-25-29(19)20/h2-3,9,13,17-18H,4-8,10-12,14-16H2,1H3,(H,26,30)/t17-,18+/m1/s1. The molecule has 1 N–H and O–H groups in total. The number of nitrogens with one attached hydrogen (secondary N) is 1. The molecule has 0 bridgehead atoms. The van der Waals surface area contributed by atoms with E-state index in [1.807, 2.05) is 13.1 Å². The fourth-order valence-corrected chi connectivity index (χ4v) is 5.57. The van der Waals surface area contributed by atoms with Gasteiger partial charge in [0, 0.05) is 51.6 Å². The maximum atomic E-state index is 13.3. The fraction of sp³-hybridized carbons (Fsp3) is 0.652. The highest BCUT2D eigenvalue weighted by Crippen LogP contribution is 2.40. The summed E-state index contributed by atoms with van der Waals surface area (Å²) in [6, 6.07) is 3.61. The quantitative estimate of drug-likeness (QED) is 0.771. The van der Waals surface area contributed by atoms with E-state index < -0.39 is 0 Å². The molecule has 3 aliphatic heterocycles. The van der Waals surface area contributed by atoms with Crippen LogP contribution in [0.25, 0.3) is 5.65 Å². The average Bonchev–Trinajstić information content (AvgIpc) is 3.36. The molecule has 1 spiro atoms. The van der Waals surface area contributed by atoms with Gasteiger partial charge < -0.3 is 19.9 Å². The van der Waals surface area contributed by atoms with Crippen molar-refractivity contribution < 1.29 is 14.3 Å². The Balaban J connectivity index is 1.20. The topological polar surface area (TPSA) is 92.1 Å². The molecule has 2 amide bonds. The van der Waals surface area contributed by atoms with Crippen molar-refractivity contribution in [2.45, 2.75) is 38.1 Å². The minimum absolute atomic E-state index is 0.0139. The molecule has 9 heteroatoms. The molecule has 172 valence electrons. The van der Waals surface area contributed by atoms with Crippen molar-refractivity contribution in [3.63, 3.8) is 0 Å². The first-order chi connectivity index (χ1) is 15.5. The van der Waals surface area contributed by atoms with Crippen molar-refractivity contribution >= 4 is 17.5 Å². The predicted molar refractivity (Wildman–Crippen MR) is 118 cm³/mol. The van der Waals surface area contributed by atoms with Crippen LogP contribution in [0.2, 0.25) is 0 Å². The largest absolute Gasteiger partial charge is 0.381 e. The van der Waals surface area contributed by atoms with Gasteiger partial charge in [0.1, 0.15) is 5.69 Å². The number of fused-ring (bicyclic) bond motifs is 1. The van der Waals surface area contributed by atoms with Gasteiger partial charge in [-0.15, -0.1) is 0 Å². The van der Waals surface area contributed by atoms with E-state index in [9.17, 15) is 9.59 Å². The molecule has 0 saturated carbocycles. The molecular formula is C23H32N6O3. The van der Waals surface area contributed by atoms with E-state index in [1.165, 1.54) is 0 Å². The number of hydrogen-bond acceptors (Lipinski definition) is 6. The number of likely N-dealkylation sites (tertiary alicyclic amines) is 2. The highest BCUT2D eigenvalue weighted by Gasteiger charge is 2.42. The molecule has 2 atom stereocenters. The van der Waals surface area contributed by atoms with Gasteiger partial charge >= 0.3 is 0 Å². The summed E-state index contributed by atoms with van der Waals surface area (Å²) in [5.41, 5.74) is 1.34. The Kier molecular flexibility index (Phi) is 5.86. The van der Waals surface area contributed by atoms with Gasteiger partial charge in [-0.1, -0.05) is 0 Å². The number of amides is 2. The lowest BCUT2D eigenvalue weighted by molar-refractivity contribution is -0.135. The molecule has 2 aromatic heterocycles. The summed E-state index contributed by atoms with van der Waals surface area (Å²) in [4.78, 5) is 34.8. The molecule has 3 aliphatic rings. The van der Waals surface area contributed by atoms with E-state index >= 15 is 0 Å². The van der Waals surface area contributed by atoms with E-state index in [1.54, 1.807) is 23.0 Å². The van der Waals surface area contributed by atoms with E-state index in [0.29, 0.717) is 11.3 Å². The number of hydrogen-bond donors (Lipinski definition) is 1. The molecular weight excluding hydrogens is 408 g/mol. The Morgan fingerprint density at radius 2 is 2.03 bits per heavy atom. The van der Waals surface area contributed by atoms with Crippen LogP contribution in [0.5, 0.6) is 0 Å². The zero-order valence-corrected chi connectivity index (χ0v) is 18.7. The number of carbonyl (C=O) groups excluding carboxylic acids is 2. The zero-order chi connectivity index (χ0) is 22.1. The van der Waals surface area contributed by atoms with Gasteiger partial charge in [0.2, 0.25) is 5.91 Å². The first kappa shape index (κ1) is 21.3. The number of nitrogens with zero attached hydrogens (tertiary/aromatic N) is 5. The van der Waals surface area contributed by atoms with Crippen molar-refractivity contribution in [1.82, 2.24) is 29.7 Å². The summed E-state index contributed by atoms with van der Waals surface area (Å²) >= 11 is 0. The molecule has 3 saturated heterocycles. The third-order valence-corrected chi connectivity index (χ3v) is 7.43. The Hall–Kier alpha value is -2.52. The molecule has 2 aromatic rings. The van der Waals surface area contributed by atoms with Gasteiger partial charge in [-0.3, -0.25) is 9.59 Å². The average molecular weight is 441 g/mol. The van der Waals surface area contributed by atoms with Crippen LogP contribution in [0.4, 0.5) is 0 Å². The van der Waals surface area contributed by atoms with Crippen LogP contribution in [-0.4, -0.2) is 88.7 Å². The van der Waals surface area contributed by atoms with E-state index in [0.717, 1.165) is 71.5 Å². The first-order valence-electron chi connectivity index (χ1n) is 11.7. The van der Waals surface area contributed by atoms with Crippen molar-refractivity contribution in [2.24, 2.45) is 11.3 Å². The lowest BCUT2D eigenvalue weighted by Gasteiger charge is -2.33. The molecule has 32 heavy (non-hydrogen) atoms. The van der Waals surface area contributed by atoms with Crippen LogP contribution >= 0.6 is 0 Å². The second-order valence-corrected chi connectivity index (χ2v) is 9.73. The molecule has 0 radical (unpaired) electrons. The summed E-state index contributed by atoms with van der Waals surface area (Å²) in [6.45, 7) is 4.82. The van der Waals surface area contributed by atoms with Crippen LogP contribution in [0, 0.1) is 11.3 Å². The van der Waals surface area contributed by atoms with Crippen molar-refractivity contribution in [1.29, 1.82) is 0 Å². The second kappa shape index (κ2) is 8.78. The van der Waals surface area contributed by atoms with Gasteiger partial charge in [0.05, 0.1) is 12.1 Å². The molecule has 5 heterocycles. The van der Waals surface area contributed by atoms with Gasteiger partial charge in [-0.05, 0) is 56.7 Å². The monoisotopic (exact) mass is 440 g/mol. The number of ether oxygens (including phenoxy) is 1. The zero-order valence-electron chi connectivity index (χ0n) is 18.7. The van der Waals surface area contributed by atoms with Crippen LogP contribution in [0.1, 0.15) is 42.6 Å². The molecule has 5 rings (SSSR count). The molecule has 0 unspecified atom stereocenters. The number of aromatic nitrogens is 3. The SMILES string of the molecule is CN1C[C@@H](NC(=O)c2cnc3cccnn23)CC[C@@H](C(=O)N2CCC3(CCOCC3)C2)C1. The summed E-state index contributed by atoms with van der Waals surface area (Å²) in [7, 11) is 2.03. The van der Waals surface area contributed by atoms with E-state index in [2.05, 4.69) is 25.2 Å². The molecule has 0 aromatic carbocycles. The van der Waals surface area contributed by atoms with Crippen molar-refractivity contribution in [3.8, 4) is 0 Å². The van der Waals surface area contributed by atoms with E-state index in [-0.39, 0.29) is 29.2 Å². The first-order valence-corrected chi connectivity index (χ1v) is 11.7. The van der Waals surface area contributed by atoms with Crippen molar-refractivity contribution in [2.75, 3.05) is 46.4 Å². The fourth-order valence-electron chi connectivity index (χ4n) is 5.57. The lowest BCUT2D eigenvalue weighted by atomic mass is 9.80. The van der Waals surface area contributed by atoms with E-state index in [4.69, 9.17) is 4.74 Å². The third-order valence-electron chi connectivity index (χ3n) is 7.43. The lowest BCUT2D eigenvalue weighted by Crippen LogP contribution is -2.43. The molecule has 3 fully saturated rings. The van der Waals surface area contributed by atoms with Gasteiger partial charge in [-0.25, -0.2) is 9.50 Å². The van der Waals surface area contributed by atoms with Crippen LogP contribution < -0.4 is 5.32 Å². The third kappa shape index (κ3) is 4.23. The summed E-state index contributed by atoms with van der Waals surface area (Å²) < 4.78 is 7.10. The molecule has 9 nitrogen and oxygen atoms in total. The van der Waals surface area contributed by atoms with Crippen LogP contribution in [0.15, 0.2) is 24.5 Å². The van der Waals surface area contributed by atoms with Crippen molar-refractivity contribution in [3.05, 3.63) is 30.2 Å². The summed E-state index contributed by atoms with van der Waals surface area (Å²) in [5.74, 6) is 0.0768. The number of imidazole rings is 1. The van der Waals surface area contributed by atoms with Crippen LogP contribution in [0.3, 0.4) is 0 Å². The highest BCUT2D eigenvalue weighted by molar-refractivity contribution is 5.93. The molecule has 0 aliphatic carbocycles. The maximum Gasteiger partial charge on any atom is 0.271 e. The Morgan fingerprint density at radius 1 is 1.19 bits per heavy atom. The number of rotatable bonds is 3. The van der Waals surface area contributed by atoms with Crippen LogP contribution in [-0.2, 0) is 9.53 Å². The second-order valence-electron chi connectivity index (χ2n) is 9.73. The van der Waals surface area contributed by atoms with Gasteiger partial charge in [-0.2, -0.15) is 5.10 Å². The Labute approximate surface area is 188 Å². The number of carbonyl (C=O) groups is 2. The predicted octanol–water partition coefficient (Wildman–Crippen LogP) is 1.20. The Morgan fingerprint density at radius 3 is 2.88 bits per heavy atom. The summed E-state index contributed by atoms with van der Waals surface area (Å²) in [6.07, 6.45) is 7.99. The highest BCUT2D eigenvalue weighted by atomic mass is 16.5. The van der Waals surface area contributed by atoms with Gasteiger partial charge in [0.25, 0.3) is 5.91 Å². The minimum Gasteiger partial charge on any atom is -0.381 e. The Bertz CT molecular complexity index is 985. The number of likely N-dealkylation sites (N-methyl/N-ethyl adjacent to an activating group) is 1. The normalized spacial score (nSPS) is 26.3. The minimum atomic E-state index is -0.180. The summed E-state index contributed by atoms with van der Waals surface area (Å²) in [5, 5.41) is 7.37. The maximum absolute atomic E-state index is 13.3. The smallest absolute Gasteiger partial charge is 0.271 e.